The Kier molecular flexibility index (Phi) is 5.11. The van der Waals surface area contributed by atoms with E-state index < -0.39 is 12.1 Å². The minimum Gasteiger partial charge on any atom is -0.386 e. The first-order chi connectivity index (χ1) is 12.3. The van der Waals surface area contributed by atoms with Gasteiger partial charge in [-0.25, -0.2) is 9.37 Å². The van der Waals surface area contributed by atoms with Gasteiger partial charge in [0, 0.05) is 11.1 Å². The molecule has 0 radical (unpaired) electrons. The van der Waals surface area contributed by atoms with E-state index in [1.54, 1.807) is 24.3 Å². The van der Waals surface area contributed by atoms with Gasteiger partial charge in [-0.1, -0.05) is 19.1 Å². The fourth-order valence-electron chi connectivity index (χ4n) is 2.98. The van der Waals surface area contributed by atoms with Crippen LogP contribution in [0.5, 0.6) is 0 Å². The highest BCUT2D eigenvalue weighted by Gasteiger charge is 2.24. The summed E-state index contributed by atoms with van der Waals surface area (Å²) in [5.41, 5.74) is 2.26. The molecule has 1 amide bonds. The van der Waals surface area contributed by atoms with Crippen molar-refractivity contribution in [2.45, 2.75) is 46.3 Å². The average molecular weight is 375 g/mol. The topological polar surface area (TPSA) is 66.6 Å². The first kappa shape index (κ1) is 18.5. The van der Waals surface area contributed by atoms with Gasteiger partial charge in [0.25, 0.3) is 5.91 Å². The summed E-state index contributed by atoms with van der Waals surface area (Å²) in [5.74, 6) is -0.600. The number of nitrogens with zero attached hydrogens (tertiary/aromatic N) is 2. The molecule has 0 fully saturated rings. The Balaban J connectivity index is 1.83. The third kappa shape index (κ3) is 3.37. The maximum absolute atomic E-state index is 13.4. The number of aryl methyl sites for hydroxylation is 3. The lowest BCUT2D eigenvalue weighted by molar-refractivity contribution is 0.0845. The number of hydrogen-bond acceptors (Lipinski definition) is 4. The highest BCUT2D eigenvalue weighted by molar-refractivity contribution is 7.17. The number of amides is 1. The van der Waals surface area contributed by atoms with Gasteiger partial charge in [0.15, 0.2) is 4.96 Å². The van der Waals surface area contributed by atoms with Crippen LogP contribution < -0.4 is 5.32 Å². The van der Waals surface area contributed by atoms with Crippen molar-refractivity contribution in [3.8, 4) is 0 Å². The Morgan fingerprint density at radius 2 is 2.15 bits per heavy atom. The molecule has 0 spiro atoms. The highest BCUT2D eigenvalue weighted by Crippen LogP contribution is 2.23. The number of hydrogen-bond donors (Lipinski definition) is 2. The normalized spacial score (nSPS) is 13.8. The minimum absolute atomic E-state index is 0.280. The molecule has 3 aromatic rings. The zero-order valence-corrected chi connectivity index (χ0v) is 16.0. The summed E-state index contributed by atoms with van der Waals surface area (Å²) in [6.07, 6.45) is 1.60. The van der Waals surface area contributed by atoms with E-state index >= 15 is 0 Å². The molecule has 0 aliphatic heterocycles. The van der Waals surface area contributed by atoms with Crippen LogP contribution in [0.15, 0.2) is 24.4 Å². The molecule has 0 aliphatic rings. The smallest absolute Gasteiger partial charge is 0.270 e. The number of nitrogens with one attached hydrogen (secondary N) is 1. The second kappa shape index (κ2) is 7.17. The monoisotopic (exact) mass is 375 g/mol. The molecule has 138 valence electrons. The van der Waals surface area contributed by atoms with Crippen molar-refractivity contribution >= 4 is 22.2 Å². The first-order valence-corrected chi connectivity index (χ1v) is 9.35. The van der Waals surface area contributed by atoms with Gasteiger partial charge in [0.2, 0.25) is 0 Å². The van der Waals surface area contributed by atoms with Gasteiger partial charge in [-0.15, -0.1) is 11.3 Å². The standard InChI is InChI=1S/C19H22FN3O2S/c1-5-15-16(23-9-11(3)26-19(23)22-15)18(25)21-12(4)17(24)13-6-7-14(20)10(2)8-13/h6-9,12,17,24H,5H2,1-4H3,(H,21,25). The number of aliphatic hydroxyl groups excluding tert-OH is 1. The van der Waals surface area contributed by atoms with Crippen LogP contribution >= 0.6 is 11.3 Å². The molecule has 0 saturated carbocycles. The number of aliphatic hydroxyl groups is 1. The molecular formula is C19H22FN3O2S. The van der Waals surface area contributed by atoms with E-state index in [9.17, 15) is 14.3 Å². The van der Waals surface area contributed by atoms with Crippen LogP contribution in [0.25, 0.3) is 4.96 Å². The number of halogens is 1. The Bertz CT molecular complexity index is 963. The van der Waals surface area contributed by atoms with Crippen LogP contribution in [0.3, 0.4) is 0 Å². The molecule has 0 bridgehead atoms. The SMILES string of the molecule is CCc1nc2sc(C)cn2c1C(=O)NC(C)C(O)c1ccc(F)c(C)c1. The van der Waals surface area contributed by atoms with Crippen molar-refractivity contribution in [2.75, 3.05) is 0 Å². The van der Waals surface area contributed by atoms with Crippen LogP contribution in [0.4, 0.5) is 4.39 Å². The summed E-state index contributed by atoms with van der Waals surface area (Å²) in [6, 6.07) is 3.92. The van der Waals surface area contributed by atoms with Crippen LogP contribution in [0, 0.1) is 19.7 Å². The Morgan fingerprint density at radius 1 is 1.42 bits per heavy atom. The van der Waals surface area contributed by atoms with Crippen molar-refractivity contribution in [3.63, 3.8) is 0 Å². The van der Waals surface area contributed by atoms with Crippen molar-refractivity contribution in [2.24, 2.45) is 0 Å². The zero-order valence-electron chi connectivity index (χ0n) is 15.2. The van der Waals surface area contributed by atoms with E-state index in [-0.39, 0.29) is 11.7 Å². The second-order valence-corrected chi connectivity index (χ2v) is 7.68. The van der Waals surface area contributed by atoms with E-state index in [1.807, 2.05) is 20.0 Å². The van der Waals surface area contributed by atoms with Crippen LogP contribution in [-0.4, -0.2) is 26.4 Å². The van der Waals surface area contributed by atoms with E-state index in [0.717, 1.165) is 15.5 Å². The van der Waals surface area contributed by atoms with Crippen molar-refractivity contribution < 1.29 is 14.3 Å². The zero-order chi connectivity index (χ0) is 19.0. The second-order valence-electron chi connectivity index (χ2n) is 6.47. The first-order valence-electron chi connectivity index (χ1n) is 8.54. The molecule has 7 heteroatoms. The molecule has 2 aromatic heterocycles. The maximum Gasteiger partial charge on any atom is 0.270 e. The number of carbonyl (C=O) groups excluding carboxylic acids is 1. The fourth-order valence-corrected chi connectivity index (χ4v) is 3.83. The lowest BCUT2D eigenvalue weighted by Gasteiger charge is -2.21. The van der Waals surface area contributed by atoms with E-state index in [0.29, 0.717) is 23.2 Å². The Labute approximate surface area is 155 Å². The number of carbonyl (C=O) groups is 1. The van der Waals surface area contributed by atoms with Crippen molar-refractivity contribution in [1.29, 1.82) is 0 Å². The molecule has 0 saturated heterocycles. The Morgan fingerprint density at radius 3 is 2.81 bits per heavy atom. The van der Waals surface area contributed by atoms with Crippen LogP contribution in [0.1, 0.15) is 52.1 Å². The van der Waals surface area contributed by atoms with E-state index in [4.69, 9.17) is 0 Å². The quantitative estimate of drug-likeness (QED) is 0.716. The summed E-state index contributed by atoms with van der Waals surface area (Å²) >= 11 is 1.53. The van der Waals surface area contributed by atoms with E-state index in [2.05, 4.69) is 10.3 Å². The molecule has 26 heavy (non-hydrogen) atoms. The lowest BCUT2D eigenvalue weighted by Crippen LogP contribution is -2.38. The predicted molar refractivity (Wildman–Crippen MR) is 100 cm³/mol. The van der Waals surface area contributed by atoms with Gasteiger partial charge in [-0.3, -0.25) is 9.20 Å². The van der Waals surface area contributed by atoms with Crippen LogP contribution in [-0.2, 0) is 6.42 Å². The largest absolute Gasteiger partial charge is 0.386 e. The maximum atomic E-state index is 13.4. The minimum atomic E-state index is -0.934. The number of aromatic nitrogens is 2. The van der Waals surface area contributed by atoms with Gasteiger partial charge in [-0.05, 0) is 44.4 Å². The third-order valence-corrected chi connectivity index (χ3v) is 5.32. The number of rotatable bonds is 5. The van der Waals surface area contributed by atoms with Gasteiger partial charge < -0.3 is 10.4 Å². The highest BCUT2D eigenvalue weighted by atomic mass is 32.1. The number of imidazole rings is 1. The van der Waals surface area contributed by atoms with Gasteiger partial charge >= 0.3 is 0 Å². The van der Waals surface area contributed by atoms with Gasteiger partial charge in [0.1, 0.15) is 11.5 Å². The lowest BCUT2D eigenvalue weighted by atomic mass is 10.0. The van der Waals surface area contributed by atoms with Gasteiger partial charge in [-0.2, -0.15) is 0 Å². The average Bonchev–Trinajstić information content (AvgIpc) is 3.11. The molecule has 2 unspecified atom stereocenters. The molecule has 2 atom stereocenters. The predicted octanol–water partition coefficient (Wildman–Crippen LogP) is 3.57. The van der Waals surface area contributed by atoms with Gasteiger partial charge in [0.05, 0.1) is 17.8 Å². The molecule has 2 heterocycles. The molecule has 2 N–H and O–H groups in total. The molecule has 0 aliphatic carbocycles. The molecule has 3 rings (SSSR count). The summed E-state index contributed by atoms with van der Waals surface area (Å²) in [6.45, 7) is 7.29. The number of thiazole rings is 1. The molecular weight excluding hydrogens is 353 g/mol. The summed E-state index contributed by atoms with van der Waals surface area (Å²) in [4.78, 5) is 19.2. The van der Waals surface area contributed by atoms with Crippen LogP contribution in [0.2, 0.25) is 0 Å². The van der Waals surface area contributed by atoms with Crippen molar-refractivity contribution in [1.82, 2.24) is 14.7 Å². The summed E-state index contributed by atoms with van der Waals surface area (Å²) < 4.78 is 15.2. The molecule has 5 nitrogen and oxygen atoms in total. The summed E-state index contributed by atoms with van der Waals surface area (Å²) in [7, 11) is 0. The Hall–Kier alpha value is -2.25. The fraction of sp³-hybridized carbons (Fsp3) is 0.368. The van der Waals surface area contributed by atoms with E-state index in [1.165, 1.54) is 23.5 Å². The number of benzene rings is 1. The third-order valence-electron chi connectivity index (χ3n) is 4.42. The number of fused-ring (bicyclic) bond motifs is 1. The summed E-state index contributed by atoms with van der Waals surface area (Å²) in [5, 5.41) is 13.4. The van der Waals surface area contributed by atoms with Crippen molar-refractivity contribution in [3.05, 3.63) is 57.6 Å². The molecule has 1 aromatic carbocycles.